The molecule has 2 aromatic rings. The van der Waals surface area contributed by atoms with Crippen molar-refractivity contribution in [1.29, 1.82) is 0 Å². The number of rotatable bonds is 5. The van der Waals surface area contributed by atoms with Crippen LogP contribution in [0.3, 0.4) is 0 Å². The Morgan fingerprint density at radius 3 is 2.19 bits per heavy atom. The number of para-hydroxylation sites is 1. The van der Waals surface area contributed by atoms with Crippen molar-refractivity contribution < 1.29 is 19.3 Å². The van der Waals surface area contributed by atoms with E-state index >= 15 is 0 Å². The summed E-state index contributed by atoms with van der Waals surface area (Å²) in [6.45, 7) is 2.05. The summed E-state index contributed by atoms with van der Waals surface area (Å²) in [5.74, 6) is 2.04. The van der Waals surface area contributed by atoms with Crippen LogP contribution in [0.5, 0.6) is 23.0 Å². The predicted octanol–water partition coefficient (Wildman–Crippen LogP) is 3.57. The summed E-state index contributed by atoms with van der Waals surface area (Å²) in [4.78, 5) is 0. The summed E-state index contributed by atoms with van der Waals surface area (Å²) >= 11 is 0. The number of hydrogen-bond donors (Lipinski definition) is 1. The maximum absolute atomic E-state index is 9.93. The van der Waals surface area contributed by atoms with E-state index in [9.17, 15) is 5.11 Å². The molecule has 21 heavy (non-hydrogen) atoms. The van der Waals surface area contributed by atoms with Gasteiger partial charge >= 0.3 is 0 Å². The van der Waals surface area contributed by atoms with E-state index in [1.165, 1.54) is 7.11 Å². The van der Waals surface area contributed by atoms with Gasteiger partial charge in [-0.15, -0.1) is 0 Å². The summed E-state index contributed by atoms with van der Waals surface area (Å²) in [6.07, 6.45) is 0. The molecule has 0 radical (unpaired) electrons. The minimum absolute atomic E-state index is 0.0480. The van der Waals surface area contributed by atoms with Gasteiger partial charge in [0.1, 0.15) is 0 Å². The Bertz CT molecular complexity index is 622. The molecule has 0 saturated heterocycles. The van der Waals surface area contributed by atoms with E-state index in [4.69, 9.17) is 14.2 Å². The number of ether oxygens (including phenoxy) is 3. The van der Waals surface area contributed by atoms with Gasteiger partial charge < -0.3 is 19.3 Å². The average Bonchev–Trinajstić information content (AvgIpc) is 2.53. The van der Waals surface area contributed by atoms with Crippen molar-refractivity contribution in [3.05, 3.63) is 47.5 Å². The van der Waals surface area contributed by atoms with E-state index in [-0.39, 0.29) is 11.7 Å². The minimum Gasteiger partial charge on any atom is -0.504 e. The van der Waals surface area contributed by atoms with Crippen molar-refractivity contribution >= 4 is 0 Å². The van der Waals surface area contributed by atoms with Crippen LogP contribution in [-0.4, -0.2) is 26.4 Å². The molecule has 4 heteroatoms. The monoisotopic (exact) mass is 288 g/mol. The lowest BCUT2D eigenvalue weighted by Crippen LogP contribution is -2.01. The summed E-state index contributed by atoms with van der Waals surface area (Å²) < 4.78 is 15.9. The van der Waals surface area contributed by atoms with Crippen LogP contribution in [0.1, 0.15) is 24.0 Å². The van der Waals surface area contributed by atoms with Gasteiger partial charge in [-0.1, -0.05) is 25.1 Å². The molecular formula is C17H20O4. The number of hydrogen-bond acceptors (Lipinski definition) is 4. The molecular weight excluding hydrogens is 268 g/mol. The molecule has 0 amide bonds. The number of phenols is 1. The smallest absolute Gasteiger partial charge is 0.164 e. The minimum atomic E-state index is 0.0480. The largest absolute Gasteiger partial charge is 0.504 e. The molecule has 1 atom stereocenters. The molecule has 0 bridgehead atoms. The Morgan fingerprint density at radius 2 is 1.62 bits per heavy atom. The normalized spacial score (nSPS) is 11.8. The number of methoxy groups -OCH3 is 3. The Hall–Kier alpha value is -2.36. The van der Waals surface area contributed by atoms with Crippen molar-refractivity contribution in [3.63, 3.8) is 0 Å². The molecule has 1 N–H and O–H groups in total. The maximum atomic E-state index is 9.93. The van der Waals surface area contributed by atoms with E-state index in [1.54, 1.807) is 26.4 Å². The van der Waals surface area contributed by atoms with Crippen LogP contribution in [0.15, 0.2) is 36.4 Å². The van der Waals surface area contributed by atoms with Crippen LogP contribution in [0.4, 0.5) is 0 Å². The topological polar surface area (TPSA) is 47.9 Å². The van der Waals surface area contributed by atoms with Crippen molar-refractivity contribution in [1.82, 2.24) is 0 Å². The van der Waals surface area contributed by atoms with Gasteiger partial charge in [0.25, 0.3) is 0 Å². The molecule has 0 heterocycles. The third kappa shape index (κ3) is 2.89. The summed E-state index contributed by atoms with van der Waals surface area (Å²) in [7, 11) is 4.77. The highest BCUT2D eigenvalue weighted by atomic mass is 16.5. The molecule has 4 nitrogen and oxygen atoms in total. The van der Waals surface area contributed by atoms with Gasteiger partial charge in [-0.05, 0) is 23.8 Å². The van der Waals surface area contributed by atoms with Crippen LogP contribution >= 0.6 is 0 Å². The predicted molar refractivity (Wildman–Crippen MR) is 81.7 cm³/mol. The standard InChI is InChI=1S/C17H20O4/c1-11(12-8-9-15(19-2)14(18)10-12)13-6-5-7-16(20-3)17(13)21-4/h5-11,18H,1-4H3. The van der Waals surface area contributed by atoms with Crippen LogP contribution in [0.2, 0.25) is 0 Å². The highest BCUT2D eigenvalue weighted by Crippen LogP contribution is 2.39. The summed E-state index contributed by atoms with van der Waals surface area (Å²) in [5.41, 5.74) is 1.97. The fraction of sp³-hybridized carbons (Fsp3) is 0.294. The van der Waals surface area contributed by atoms with Gasteiger partial charge in [0.2, 0.25) is 0 Å². The number of aromatic hydroxyl groups is 1. The average molecular weight is 288 g/mol. The first-order chi connectivity index (χ1) is 10.1. The molecule has 0 spiro atoms. The third-order valence-electron chi connectivity index (χ3n) is 3.60. The zero-order chi connectivity index (χ0) is 15.4. The van der Waals surface area contributed by atoms with Gasteiger partial charge in [0, 0.05) is 11.5 Å². The summed E-state index contributed by atoms with van der Waals surface area (Å²) in [5, 5.41) is 9.93. The lowest BCUT2D eigenvalue weighted by molar-refractivity contribution is 0.351. The van der Waals surface area contributed by atoms with Crippen LogP contribution in [0.25, 0.3) is 0 Å². The summed E-state index contributed by atoms with van der Waals surface area (Å²) in [6, 6.07) is 11.2. The molecule has 1 unspecified atom stereocenters. The highest BCUT2D eigenvalue weighted by molar-refractivity contribution is 5.52. The first-order valence-corrected chi connectivity index (χ1v) is 6.70. The van der Waals surface area contributed by atoms with Crippen molar-refractivity contribution in [2.24, 2.45) is 0 Å². The fourth-order valence-electron chi connectivity index (χ4n) is 2.41. The van der Waals surface area contributed by atoms with Gasteiger partial charge in [0.15, 0.2) is 23.0 Å². The maximum Gasteiger partial charge on any atom is 0.164 e. The zero-order valence-electron chi connectivity index (χ0n) is 12.7. The first kappa shape index (κ1) is 15.0. The van der Waals surface area contributed by atoms with Gasteiger partial charge in [-0.25, -0.2) is 0 Å². The SMILES string of the molecule is COc1ccc(C(C)c2cccc(OC)c2OC)cc1O. The number of benzene rings is 2. The van der Waals surface area contributed by atoms with Crippen molar-refractivity contribution in [2.75, 3.05) is 21.3 Å². The molecule has 0 fully saturated rings. The van der Waals surface area contributed by atoms with E-state index < -0.39 is 0 Å². The number of phenolic OH excluding ortho intramolecular Hbond substituents is 1. The molecule has 0 aliphatic rings. The van der Waals surface area contributed by atoms with Gasteiger partial charge in [0.05, 0.1) is 21.3 Å². The fourth-order valence-corrected chi connectivity index (χ4v) is 2.41. The van der Waals surface area contributed by atoms with E-state index in [1.807, 2.05) is 24.3 Å². The Balaban J connectivity index is 2.44. The Morgan fingerprint density at radius 1 is 0.905 bits per heavy atom. The second-order valence-corrected chi connectivity index (χ2v) is 4.74. The van der Waals surface area contributed by atoms with Crippen LogP contribution in [-0.2, 0) is 0 Å². The molecule has 2 rings (SSSR count). The molecule has 0 aromatic heterocycles. The molecule has 112 valence electrons. The third-order valence-corrected chi connectivity index (χ3v) is 3.60. The molecule has 0 aliphatic heterocycles. The first-order valence-electron chi connectivity index (χ1n) is 6.70. The van der Waals surface area contributed by atoms with Crippen LogP contribution < -0.4 is 14.2 Å². The second-order valence-electron chi connectivity index (χ2n) is 4.74. The second kappa shape index (κ2) is 6.39. The molecule has 2 aromatic carbocycles. The highest BCUT2D eigenvalue weighted by Gasteiger charge is 2.18. The van der Waals surface area contributed by atoms with E-state index in [2.05, 4.69) is 6.92 Å². The van der Waals surface area contributed by atoms with Crippen molar-refractivity contribution in [2.45, 2.75) is 12.8 Å². The van der Waals surface area contributed by atoms with Crippen molar-refractivity contribution in [3.8, 4) is 23.0 Å². The van der Waals surface area contributed by atoms with Crippen LogP contribution in [0, 0.1) is 0 Å². The Kier molecular flexibility index (Phi) is 4.58. The molecule has 0 aliphatic carbocycles. The lowest BCUT2D eigenvalue weighted by atomic mass is 9.92. The van der Waals surface area contributed by atoms with E-state index in [0.717, 1.165) is 11.1 Å². The molecule has 0 saturated carbocycles. The quantitative estimate of drug-likeness (QED) is 0.913. The van der Waals surface area contributed by atoms with Gasteiger partial charge in [-0.2, -0.15) is 0 Å². The van der Waals surface area contributed by atoms with E-state index in [0.29, 0.717) is 17.2 Å². The zero-order valence-corrected chi connectivity index (χ0v) is 12.7. The van der Waals surface area contributed by atoms with Gasteiger partial charge in [-0.3, -0.25) is 0 Å². The Labute approximate surface area is 124 Å². The lowest BCUT2D eigenvalue weighted by Gasteiger charge is -2.18.